The molecule has 4 rings (SSSR count). The predicted molar refractivity (Wildman–Crippen MR) is 107 cm³/mol. The molecule has 1 aromatic carbocycles. The highest BCUT2D eigenvalue weighted by Crippen LogP contribution is 2.33. The van der Waals surface area contributed by atoms with Crippen LogP contribution in [0.25, 0.3) is 16.6 Å². The lowest BCUT2D eigenvalue weighted by atomic mass is 9.92. The van der Waals surface area contributed by atoms with Gasteiger partial charge in [0.1, 0.15) is 11.5 Å². The largest absolute Gasteiger partial charge is 0.386 e. The normalized spacial score (nSPS) is 16.4. The van der Waals surface area contributed by atoms with Crippen LogP contribution in [0.1, 0.15) is 56.4 Å². The van der Waals surface area contributed by atoms with Crippen molar-refractivity contribution in [3.05, 3.63) is 71.3 Å². The van der Waals surface area contributed by atoms with Crippen molar-refractivity contribution in [2.75, 3.05) is 0 Å². The highest BCUT2D eigenvalue weighted by atomic mass is 19.1. The highest BCUT2D eigenvalue weighted by Gasteiger charge is 2.19. The lowest BCUT2D eigenvalue weighted by Crippen LogP contribution is -2.15. The smallest absolute Gasteiger partial charge is 0.142 e. The van der Waals surface area contributed by atoms with Crippen LogP contribution < -0.4 is 0 Å². The minimum absolute atomic E-state index is 0.330. The molecule has 0 atom stereocenters. The number of aliphatic hydroxyl groups is 1. The average Bonchev–Trinajstić information content (AvgIpc) is 3.28. The number of hydrogen-bond donors (Lipinski definition) is 2. The molecular formula is C23H25FN2O. The molecule has 0 saturated heterocycles. The summed E-state index contributed by atoms with van der Waals surface area (Å²) in [4.78, 5) is 7.51. The molecule has 0 aliphatic heterocycles. The Kier molecular flexibility index (Phi) is 4.60. The minimum atomic E-state index is -0.865. The number of aromatic nitrogens is 2. The van der Waals surface area contributed by atoms with Gasteiger partial charge in [-0.3, -0.25) is 0 Å². The predicted octanol–water partition coefficient (Wildman–Crippen LogP) is 5.55. The van der Waals surface area contributed by atoms with Gasteiger partial charge in [-0.2, -0.15) is 0 Å². The van der Waals surface area contributed by atoms with E-state index in [1.807, 2.05) is 30.3 Å². The molecule has 140 valence electrons. The topological polar surface area (TPSA) is 48.9 Å². The van der Waals surface area contributed by atoms with Crippen molar-refractivity contribution in [3.8, 4) is 0 Å². The number of halogens is 1. The molecule has 1 aliphatic rings. The lowest BCUT2D eigenvalue weighted by molar-refractivity contribution is 0.0786. The first-order valence-electron chi connectivity index (χ1n) is 9.60. The number of nitrogens with one attached hydrogen (secondary N) is 1. The average molecular weight is 364 g/mol. The van der Waals surface area contributed by atoms with Gasteiger partial charge in [-0.15, -0.1) is 0 Å². The molecule has 1 saturated carbocycles. The maximum atomic E-state index is 13.5. The van der Waals surface area contributed by atoms with E-state index in [1.54, 1.807) is 13.8 Å². The van der Waals surface area contributed by atoms with Gasteiger partial charge in [0.05, 0.1) is 11.8 Å². The van der Waals surface area contributed by atoms with Crippen LogP contribution in [0.15, 0.2) is 48.7 Å². The van der Waals surface area contributed by atoms with Crippen LogP contribution in [0.5, 0.6) is 0 Å². The Morgan fingerprint density at radius 2 is 1.89 bits per heavy atom. The monoisotopic (exact) mass is 364 g/mol. The van der Waals surface area contributed by atoms with Gasteiger partial charge in [0.15, 0.2) is 0 Å². The van der Waals surface area contributed by atoms with E-state index in [0.717, 1.165) is 27.8 Å². The second-order valence-corrected chi connectivity index (χ2v) is 8.04. The van der Waals surface area contributed by atoms with Crippen molar-refractivity contribution < 1.29 is 9.50 Å². The first kappa shape index (κ1) is 17.9. The molecule has 0 unspecified atom stereocenters. The van der Waals surface area contributed by atoms with Gasteiger partial charge in [0, 0.05) is 16.7 Å². The van der Waals surface area contributed by atoms with Crippen molar-refractivity contribution in [1.82, 2.24) is 9.97 Å². The number of aromatic amines is 1. The van der Waals surface area contributed by atoms with E-state index >= 15 is 0 Å². The maximum absolute atomic E-state index is 13.5. The van der Waals surface area contributed by atoms with E-state index in [0.29, 0.717) is 11.6 Å². The summed E-state index contributed by atoms with van der Waals surface area (Å²) in [5.74, 6) is 0.231. The molecular weight excluding hydrogens is 339 g/mol. The summed E-state index contributed by atoms with van der Waals surface area (Å²) in [5.41, 5.74) is 3.86. The summed E-state index contributed by atoms with van der Waals surface area (Å²) in [5, 5.41) is 11.0. The van der Waals surface area contributed by atoms with Crippen molar-refractivity contribution >= 4 is 16.6 Å². The van der Waals surface area contributed by atoms with Crippen molar-refractivity contribution in [3.63, 3.8) is 0 Å². The van der Waals surface area contributed by atoms with Crippen LogP contribution in [0.4, 0.5) is 4.39 Å². The molecule has 0 bridgehead atoms. The number of pyridine rings is 1. The molecule has 1 fully saturated rings. The van der Waals surface area contributed by atoms with Gasteiger partial charge < -0.3 is 10.1 Å². The third kappa shape index (κ3) is 3.81. The summed E-state index contributed by atoms with van der Waals surface area (Å²) in [7, 11) is 0. The number of rotatable bonds is 4. The maximum Gasteiger partial charge on any atom is 0.142 e. The third-order valence-electron chi connectivity index (χ3n) is 5.43. The van der Waals surface area contributed by atoms with Gasteiger partial charge >= 0.3 is 0 Å². The number of benzene rings is 1. The molecule has 2 aromatic heterocycles. The summed E-state index contributed by atoms with van der Waals surface area (Å²) in [6.07, 6.45) is 8.53. The van der Waals surface area contributed by atoms with Gasteiger partial charge in [-0.1, -0.05) is 43.2 Å². The number of allylic oxidation sites excluding steroid dienone is 1. The molecule has 0 spiro atoms. The molecule has 0 amide bonds. The number of nitrogens with zero attached hydrogens (tertiary/aromatic N) is 1. The van der Waals surface area contributed by atoms with Crippen LogP contribution >= 0.6 is 0 Å². The number of H-pyrrole nitrogens is 1. The quantitative estimate of drug-likeness (QED) is 0.637. The minimum Gasteiger partial charge on any atom is -0.386 e. The molecule has 2 N–H and O–H groups in total. The Balaban J connectivity index is 1.78. The van der Waals surface area contributed by atoms with E-state index < -0.39 is 5.60 Å². The van der Waals surface area contributed by atoms with Crippen molar-refractivity contribution in [2.45, 2.75) is 45.1 Å². The second kappa shape index (κ2) is 6.93. The highest BCUT2D eigenvalue weighted by molar-refractivity contribution is 5.87. The van der Waals surface area contributed by atoms with Crippen LogP contribution in [0.2, 0.25) is 0 Å². The Labute approximate surface area is 159 Å². The van der Waals surface area contributed by atoms with E-state index in [-0.39, 0.29) is 5.82 Å². The van der Waals surface area contributed by atoms with Crippen LogP contribution in [0, 0.1) is 11.7 Å². The molecule has 0 radical (unpaired) electrons. The SMILES string of the molecule is CC(C)(O)c1ccc(C(=CC2CCCC2)c2cc3cc(F)cnc3[nH]2)cc1. The molecule has 1 aliphatic carbocycles. The Morgan fingerprint density at radius 1 is 1.19 bits per heavy atom. The number of hydrogen-bond acceptors (Lipinski definition) is 2. The zero-order valence-corrected chi connectivity index (χ0v) is 15.8. The molecule has 3 aromatic rings. The summed E-state index contributed by atoms with van der Waals surface area (Å²) < 4.78 is 13.5. The van der Waals surface area contributed by atoms with Gasteiger partial charge in [-0.05, 0) is 55.9 Å². The Morgan fingerprint density at radius 3 is 2.56 bits per heavy atom. The van der Waals surface area contributed by atoms with Crippen LogP contribution in [0.3, 0.4) is 0 Å². The molecule has 27 heavy (non-hydrogen) atoms. The van der Waals surface area contributed by atoms with Gasteiger partial charge in [-0.25, -0.2) is 9.37 Å². The van der Waals surface area contributed by atoms with Gasteiger partial charge in [0.25, 0.3) is 0 Å². The lowest BCUT2D eigenvalue weighted by Gasteiger charge is -2.18. The fourth-order valence-electron chi connectivity index (χ4n) is 3.89. The summed E-state index contributed by atoms with van der Waals surface area (Å²) >= 11 is 0. The summed E-state index contributed by atoms with van der Waals surface area (Å²) in [6, 6.07) is 11.5. The molecule has 2 heterocycles. The molecule has 3 nitrogen and oxygen atoms in total. The van der Waals surface area contributed by atoms with E-state index in [1.165, 1.54) is 37.9 Å². The Bertz CT molecular complexity index is 974. The van der Waals surface area contributed by atoms with Crippen molar-refractivity contribution in [1.29, 1.82) is 0 Å². The number of fused-ring (bicyclic) bond motifs is 1. The second-order valence-electron chi connectivity index (χ2n) is 8.04. The van der Waals surface area contributed by atoms with Crippen LogP contribution in [-0.4, -0.2) is 15.1 Å². The Hall–Kier alpha value is -2.46. The zero-order valence-electron chi connectivity index (χ0n) is 15.8. The van der Waals surface area contributed by atoms with Gasteiger partial charge in [0.2, 0.25) is 0 Å². The molecule has 4 heteroatoms. The third-order valence-corrected chi connectivity index (χ3v) is 5.43. The zero-order chi connectivity index (χ0) is 19.0. The fraction of sp³-hybridized carbons (Fsp3) is 0.348. The van der Waals surface area contributed by atoms with E-state index in [4.69, 9.17) is 0 Å². The first-order valence-corrected chi connectivity index (χ1v) is 9.60. The van der Waals surface area contributed by atoms with Crippen molar-refractivity contribution in [2.24, 2.45) is 5.92 Å². The first-order chi connectivity index (χ1) is 12.9. The summed E-state index contributed by atoms with van der Waals surface area (Å²) in [6.45, 7) is 3.57. The fourth-order valence-corrected chi connectivity index (χ4v) is 3.89. The van der Waals surface area contributed by atoms with E-state index in [9.17, 15) is 9.50 Å². The standard InChI is InChI=1S/C23H25FN2O/c1-23(2,27)18-9-7-16(8-10-18)20(11-15-5-3-4-6-15)21-13-17-12-19(24)14-25-22(17)26-21/h7-15,27H,3-6H2,1-2H3,(H,25,26). The van der Waals surface area contributed by atoms with E-state index in [2.05, 4.69) is 16.0 Å². The van der Waals surface area contributed by atoms with Crippen LogP contribution in [-0.2, 0) is 5.60 Å².